The van der Waals surface area contributed by atoms with Crippen LogP contribution in [0.4, 0.5) is 0 Å². The van der Waals surface area contributed by atoms with Gasteiger partial charge in [-0.3, -0.25) is 4.79 Å². The highest BCUT2D eigenvalue weighted by Crippen LogP contribution is 2.72. The van der Waals surface area contributed by atoms with Gasteiger partial charge in [0, 0.05) is 16.9 Å². The third-order valence-electron chi connectivity index (χ3n) is 8.24. The first-order valence-electron chi connectivity index (χ1n) is 9.62. The molecule has 7 rings (SSSR count). The molecular formula is C20H22O7. The van der Waals surface area contributed by atoms with Crippen molar-refractivity contribution < 1.29 is 33.3 Å². The van der Waals surface area contributed by atoms with E-state index < -0.39 is 40.7 Å². The summed E-state index contributed by atoms with van der Waals surface area (Å²) >= 11 is 0. The van der Waals surface area contributed by atoms with E-state index in [0.717, 1.165) is 5.56 Å². The van der Waals surface area contributed by atoms with Crippen molar-refractivity contribution in [2.75, 3.05) is 0 Å². The Bertz CT molecular complexity index is 849. The maximum absolute atomic E-state index is 12.9. The number of hydrogen-bond donors (Lipinski definition) is 1. The van der Waals surface area contributed by atoms with Gasteiger partial charge in [0.2, 0.25) is 0 Å². The van der Waals surface area contributed by atoms with Crippen LogP contribution in [0.15, 0.2) is 23.0 Å². The number of cyclic esters (lactones) is 1. The highest BCUT2D eigenvalue weighted by atomic mass is 16.7. The predicted molar refractivity (Wildman–Crippen MR) is 88.1 cm³/mol. The van der Waals surface area contributed by atoms with E-state index in [-0.39, 0.29) is 23.9 Å². The van der Waals surface area contributed by atoms with Gasteiger partial charge in [0.25, 0.3) is 0 Å². The number of epoxide rings is 1. The summed E-state index contributed by atoms with van der Waals surface area (Å²) in [4.78, 5) is 25.5. The van der Waals surface area contributed by atoms with Gasteiger partial charge in [0.05, 0.1) is 18.4 Å². The quantitative estimate of drug-likeness (QED) is 0.590. The third-order valence-corrected chi connectivity index (χ3v) is 8.24. The fourth-order valence-corrected chi connectivity index (χ4v) is 6.93. The average Bonchev–Trinajstić information content (AvgIpc) is 3.24. The Morgan fingerprint density at radius 2 is 2.00 bits per heavy atom. The molecule has 4 aliphatic heterocycles. The second kappa shape index (κ2) is 4.58. The Labute approximate surface area is 155 Å². The van der Waals surface area contributed by atoms with Crippen LogP contribution in [0.3, 0.4) is 0 Å². The molecule has 2 bridgehead atoms. The summed E-state index contributed by atoms with van der Waals surface area (Å²) in [5.74, 6) is -1.24. The van der Waals surface area contributed by atoms with Crippen molar-refractivity contribution in [2.45, 2.75) is 63.1 Å². The summed E-state index contributed by atoms with van der Waals surface area (Å²) in [7, 11) is 0. The Balaban J connectivity index is 1.48. The summed E-state index contributed by atoms with van der Waals surface area (Å²) < 4.78 is 22.3. The second-order valence-corrected chi connectivity index (χ2v) is 9.34. The fraction of sp³-hybridized carbons (Fsp3) is 0.700. The molecule has 0 radical (unpaired) electrons. The molecule has 144 valence electrons. The lowest BCUT2D eigenvalue weighted by molar-refractivity contribution is -0.282. The number of hydrogen-bond acceptors (Lipinski definition) is 7. The number of carbonyl (C=O) groups is 2. The van der Waals surface area contributed by atoms with Crippen molar-refractivity contribution in [1.29, 1.82) is 0 Å². The van der Waals surface area contributed by atoms with E-state index in [1.54, 1.807) is 12.5 Å². The first-order chi connectivity index (χ1) is 12.8. The van der Waals surface area contributed by atoms with Crippen molar-refractivity contribution in [3.63, 3.8) is 0 Å². The van der Waals surface area contributed by atoms with Crippen LogP contribution < -0.4 is 0 Å². The zero-order chi connectivity index (χ0) is 18.8. The summed E-state index contributed by atoms with van der Waals surface area (Å²) in [5.41, 5.74) is -1.97. The lowest BCUT2D eigenvalue weighted by Gasteiger charge is -2.66. The molecule has 4 saturated heterocycles. The Hall–Kier alpha value is -1.86. The van der Waals surface area contributed by atoms with Gasteiger partial charge >= 0.3 is 11.9 Å². The summed E-state index contributed by atoms with van der Waals surface area (Å²) in [6, 6.07) is 1.81. The Kier molecular flexibility index (Phi) is 2.73. The van der Waals surface area contributed by atoms with Crippen LogP contribution in [-0.2, 0) is 23.8 Å². The predicted octanol–water partition coefficient (Wildman–Crippen LogP) is 1.74. The number of esters is 2. The number of fused-ring (bicyclic) bond motifs is 2. The average molecular weight is 374 g/mol. The standard InChI is InChI=1S/C20H22O7/c1-18-7-11(9-4-6-24-8-9)25-16(21)10(18)3-5-19(2)14(18)12-13-15(26-13)20(19,23)17(22)27-12/h4,6,8,10-15,23H,3,5,7H2,1-2H3/t10-,11+,12-,13-,14+,15-,18+,19-,20+/m0/s1. The van der Waals surface area contributed by atoms with E-state index >= 15 is 0 Å². The summed E-state index contributed by atoms with van der Waals surface area (Å²) in [5, 5.41) is 11.4. The van der Waals surface area contributed by atoms with Crippen LogP contribution in [0.1, 0.15) is 44.8 Å². The minimum atomic E-state index is -1.64. The van der Waals surface area contributed by atoms with Crippen LogP contribution in [0.25, 0.3) is 0 Å². The van der Waals surface area contributed by atoms with E-state index in [4.69, 9.17) is 18.6 Å². The molecule has 1 aromatic heterocycles. The van der Waals surface area contributed by atoms with Crippen molar-refractivity contribution in [3.8, 4) is 0 Å². The lowest BCUT2D eigenvalue weighted by atomic mass is 9.41. The van der Waals surface area contributed by atoms with Crippen molar-refractivity contribution >= 4 is 11.9 Å². The van der Waals surface area contributed by atoms with E-state index in [1.165, 1.54) is 0 Å². The Morgan fingerprint density at radius 3 is 2.74 bits per heavy atom. The molecule has 0 unspecified atom stereocenters. The van der Waals surface area contributed by atoms with E-state index in [1.807, 2.05) is 13.0 Å². The number of carbonyl (C=O) groups excluding carboxylic acids is 2. The normalized spacial score (nSPS) is 55.1. The van der Waals surface area contributed by atoms with Gasteiger partial charge in [-0.25, -0.2) is 4.79 Å². The van der Waals surface area contributed by atoms with Gasteiger partial charge in [-0.2, -0.15) is 0 Å². The number of aliphatic hydroxyl groups is 1. The number of furan rings is 1. The van der Waals surface area contributed by atoms with Crippen LogP contribution >= 0.6 is 0 Å². The molecule has 2 saturated carbocycles. The van der Waals surface area contributed by atoms with Gasteiger partial charge in [-0.15, -0.1) is 0 Å². The molecule has 6 aliphatic rings. The van der Waals surface area contributed by atoms with E-state index in [0.29, 0.717) is 19.3 Å². The van der Waals surface area contributed by atoms with Crippen molar-refractivity contribution in [1.82, 2.24) is 0 Å². The third kappa shape index (κ3) is 1.63. The smallest absolute Gasteiger partial charge is 0.341 e. The van der Waals surface area contributed by atoms with Gasteiger partial charge < -0.3 is 23.7 Å². The van der Waals surface area contributed by atoms with Crippen LogP contribution in [0.5, 0.6) is 0 Å². The largest absolute Gasteiger partial charge is 0.472 e. The minimum absolute atomic E-state index is 0.169. The first kappa shape index (κ1) is 16.1. The number of rotatable bonds is 1. The lowest BCUT2D eigenvalue weighted by Crippen LogP contribution is -2.77. The van der Waals surface area contributed by atoms with E-state index in [2.05, 4.69) is 6.92 Å². The van der Waals surface area contributed by atoms with Crippen LogP contribution in [0.2, 0.25) is 0 Å². The monoisotopic (exact) mass is 374 g/mol. The molecule has 7 nitrogen and oxygen atoms in total. The molecule has 27 heavy (non-hydrogen) atoms. The molecule has 0 spiro atoms. The molecule has 7 heteroatoms. The maximum atomic E-state index is 12.9. The minimum Gasteiger partial charge on any atom is -0.472 e. The molecule has 1 aromatic rings. The molecule has 9 atom stereocenters. The molecule has 5 heterocycles. The summed E-state index contributed by atoms with van der Waals surface area (Å²) in [6.07, 6.45) is 3.34. The molecule has 2 aliphatic carbocycles. The first-order valence-corrected chi connectivity index (χ1v) is 9.62. The van der Waals surface area contributed by atoms with Gasteiger partial charge in [0.15, 0.2) is 5.60 Å². The summed E-state index contributed by atoms with van der Waals surface area (Å²) in [6.45, 7) is 4.06. The van der Waals surface area contributed by atoms with Crippen LogP contribution in [-0.4, -0.2) is 41.0 Å². The van der Waals surface area contributed by atoms with Crippen molar-refractivity contribution in [3.05, 3.63) is 24.2 Å². The molecular weight excluding hydrogens is 352 g/mol. The van der Waals surface area contributed by atoms with E-state index in [9.17, 15) is 14.7 Å². The SMILES string of the molecule is C[C@@]12C[C@H](c3ccoc3)OC(=O)[C@@H]1CC[C@@]1(C)[C@@H]2[C@H]2OC(=O)[C@]1(O)[C@H]1O[C@@H]21. The number of ether oxygens (including phenoxy) is 3. The molecule has 6 fully saturated rings. The Morgan fingerprint density at radius 1 is 1.19 bits per heavy atom. The highest BCUT2D eigenvalue weighted by Gasteiger charge is 2.84. The second-order valence-electron chi connectivity index (χ2n) is 9.34. The fourth-order valence-electron chi connectivity index (χ4n) is 6.93. The zero-order valence-electron chi connectivity index (χ0n) is 15.2. The molecule has 1 N–H and O–H groups in total. The maximum Gasteiger partial charge on any atom is 0.341 e. The zero-order valence-corrected chi connectivity index (χ0v) is 15.2. The highest BCUT2D eigenvalue weighted by molar-refractivity contribution is 5.85. The van der Waals surface area contributed by atoms with Gasteiger partial charge in [-0.1, -0.05) is 13.8 Å². The molecule has 0 aromatic carbocycles. The van der Waals surface area contributed by atoms with Crippen LogP contribution in [0, 0.1) is 22.7 Å². The molecule has 0 amide bonds. The topological polar surface area (TPSA) is 98.5 Å². The van der Waals surface area contributed by atoms with Gasteiger partial charge in [0.1, 0.15) is 24.4 Å². The van der Waals surface area contributed by atoms with Gasteiger partial charge in [-0.05, 0) is 30.7 Å². The van der Waals surface area contributed by atoms with Crippen molar-refractivity contribution in [2.24, 2.45) is 22.7 Å².